The van der Waals surface area contributed by atoms with Crippen molar-refractivity contribution < 1.29 is 9.47 Å². The Morgan fingerprint density at radius 1 is 1.20 bits per heavy atom. The van der Waals surface area contributed by atoms with Crippen LogP contribution in [0.15, 0.2) is 30.5 Å². The van der Waals surface area contributed by atoms with E-state index in [4.69, 9.17) is 14.7 Å². The van der Waals surface area contributed by atoms with E-state index in [1.165, 1.54) is 6.20 Å². The molecular weight excluding hydrogens is 256 g/mol. The molecule has 0 saturated carbocycles. The van der Waals surface area contributed by atoms with Crippen LogP contribution in [0, 0.1) is 11.3 Å². The Morgan fingerprint density at radius 3 is 2.70 bits per heavy atom. The number of hydrogen-bond donors (Lipinski definition) is 1. The van der Waals surface area contributed by atoms with Crippen molar-refractivity contribution in [1.29, 1.82) is 5.26 Å². The van der Waals surface area contributed by atoms with Gasteiger partial charge in [0.05, 0.1) is 26.0 Å². The van der Waals surface area contributed by atoms with Gasteiger partial charge in [0, 0.05) is 6.54 Å². The van der Waals surface area contributed by atoms with Crippen LogP contribution in [-0.2, 0) is 6.54 Å². The van der Waals surface area contributed by atoms with Crippen molar-refractivity contribution in [3.8, 4) is 17.6 Å². The monoisotopic (exact) mass is 270 g/mol. The molecule has 0 amide bonds. The van der Waals surface area contributed by atoms with Crippen LogP contribution >= 0.6 is 0 Å². The van der Waals surface area contributed by atoms with Gasteiger partial charge >= 0.3 is 0 Å². The Hall–Kier alpha value is -2.81. The molecule has 0 fully saturated rings. The fourth-order valence-electron chi connectivity index (χ4n) is 1.73. The van der Waals surface area contributed by atoms with Crippen molar-refractivity contribution in [3.05, 3.63) is 41.6 Å². The molecule has 2 rings (SSSR count). The van der Waals surface area contributed by atoms with E-state index in [-0.39, 0.29) is 0 Å². The number of hydrogen-bond acceptors (Lipinski definition) is 6. The molecule has 0 saturated heterocycles. The second-order valence-electron chi connectivity index (χ2n) is 3.95. The van der Waals surface area contributed by atoms with Gasteiger partial charge in [0.1, 0.15) is 6.07 Å². The van der Waals surface area contributed by atoms with E-state index in [0.29, 0.717) is 29.4 Å². The normalized spacial score (nSPS) is 9.65. The highest BCUT2D eigenvalue weighted by Crippen LogP contribution is 2.27. The molecule has 0 radical (unpaired) electrons. The molecule has 6 heteroatoms. The zero-order chi connectivity index (χ0) is 14.4. The van der Waals surface area contributed by atoms with E-state index in [0.717, 1.165) is 5.56 Å². The van der Waals surface area contributed by atoms with Crippen molar-refractivity contribution in [1.82, 2.24) is 10.2 Å². The molecule has 1 heterocycles. The minimum atomic E-state index is 0.459. The maximum absolute atomic E-state index is 8.97. The lowest BCUT2D eigenvalue weighted by Gasteiger charge is -2.10. The van der Waals surface area contributed by atoms with Gasteiger partial charge in [0.25, 0.3) is 0 Å². The van der Waals surface area contributed by atoms with Gasteiger partial charge in [-0.15, -0.1) is 5.10 Å². The minimum absolute atomic E-state index is 0.459. The predicted octanol–water partition coefficient (Wildman–Crippen LogP) is 1.98. The van der Waals surface area contributed by atoms with E-state index < -0.39 is 0 Å². The van der Waals surface area contributed by atoms with E-state index in [1.807, 2.05) is 18.2 Å². The summed E-state index contributed by atoms with van der Waals surface area (Å²) in [5.41, 5.74) is 1.44. The summed E-state index contributed by atoms with van der Waals surface area (Å²) < 4.78 is 10.4. The Labute approximate surface area is 117 Å². The Morgan fingerprint density at radius 2 is 2.00 bits per heavy atom. The molecule has 1 aromatic heterocycles. The van der Waals surface area contributed by atoms with Crippen LogP contribution in [0.1, 0.15) is 11.1 Å². The molecule has 0 aliphatic heterocycles. The zero-order valence-electron chi connectivity index (χ0n) is 11.3. The summed E-state index contributed by atoms with van der Waals surface area (Å²) in [5, 5.41) is 19.7. The summed E-state index contributed by atoms with van der Waals surface area (Å²) in [6.07, 6.45) is 1.49. The lowest BCUT2D eigenvalue weighted by molar-refractivity contribution is 0.354. The molecule has 0 aliphatic carbocycles. The van der Waals surface area contributed by atoms with Crippen LogP contribution in [0.4, 0.5) is 5.82 Å². The summed E-state index contributed by atoms with van der Waals surface area (Å²) in [4.78, 5) is 0. The second-order valence-corrected chi connectivity index (χ2v) is 3.95. The van der Waals surface area contributed by atoms with Gasteiger partial charge in [-0.05, 0) is 23.8 Å². The van der Waals surface area contributed by atoms with Gasteiger partial charge in [-0.2, -0.15) is 10.4 Å². The highest BCUT2D eigenvalue weighted by molar-refractivity contribution is 5.51. The predicted molar refractivity (Wildman–Crippen MR) is 73.6 cm³/mol. The maximum atomic E-state index is 8.97. The first-order valence-corrected chi connectivity index (χ1v) is 5.95. The van der Waals surface area contributed by atoms with Crippen LogP contribution in [0.5, 0.6) is 11.5 Å². The second kappa shape index (κ2) is 6.38. The van der Waals surface area contributed by atoms with Crippen LogP contribution in [0.25, 0.3) is 0 Å². The van der Waals surface area contributed by atoms with Gasteiger partial charge in [-0.3, -0.25) is 0 Å². The molecule has 0 spiro atoms. The molecule has 0 aliphatic rings. The molecule has 2 aromatic rings. The van der Waals surface area contributed by atoms with Crippen LogP contribution in [0.2, 0.25) is 0 Å². The average Bonchev–Trinajstić information content (AvgIpc) is 2.52. The first-order chi connectivity index (χ1) is 9.78. The third-order valence-electron chi connectivity index (χ3n) is 2.75. The molecule has 0 bridgehead atoms. The summed E-state index contributed by atoms with van der Waals surface area (Å²) >= 11 is 0. The lowest BCUT2D eigenvalue weighted by Crippen LogP contribution is -2.04. The van der Waals surface area contributed by atoms with Crippen molar-refractivity contribution in [2.75, 3.05) is 19.5 Å². The largest absolute Gasteiger partial charge is 0.493 e. The first-order valence-electron chi connectivity index (χ1n) is 5.95. The van der Waals surface area contributed by atoms with Crippen molar-refractivity contribution in [3.63, 3.8) is 0 Å². The summed E-state index contributed by atoms with van der Waals surface area (Å²) in [7, 11) is 3.18. The average molecular weight is 270 g/mol. The Bertz CT molecular complexity index is 637. The Kier molecular flexibility index (Phi) is 4.35. The van der Waals surface area contributed by atoms with E-state index in [2.05, 4.69) is 21.6 Å². The third kappa shape index (κ3) is 2.95. The number of nitriles is 1. The van der Waals surface area contributed by atoms with Gasteiger partial charge in [-0.1, -0.05) is 6.07 Å². The van der Waals surface area contributed by atoms with Crippen LogP contribution < -0.4 is 14.8 Å². The van der Waals surface area contributed by atoms with E-state index >= 15 is 0 Å². The SMILES string of the molecule is COc1ccc(CNc2nnccc2C#N)cc1OC. The minimum Gasteiger partial charge on any atom is -0.493 e. The van der Waals surface area contributed by atoms with Gasteiger partial charge in [0.15, 0.2) is 17.3 Å². The van der Waals surface area contributed by atoms with Crippen molar-refractivity contribution in [2.45, 2.75) is 6.54 Å². The number of nitrogens with zero attached hydrogens (tertiary/aromatic N) is 3. The fraction of sp³-hybridized carbons (Fsp3) is 0.214. The van der Waals surface area contributed by atoms with E-state index in [1.54, 1.807) is 20.3 Å². The number of rotatable bonds is 5. The molecule has 1 aromatic carbocycles. The molecule has 6 nitrogen and oxygen atoms in total. The number of methoxy groups -OCH3 is 2. The van der Waals surface area contributed by atoms with Crippen molar-refractivity contribution >= 4 is 5.82 Å². The number of nitrogens with one attached hydrogen (secondary N) is 1. The van der Waals surface area contributed by atoms with Gasteiger partial charge < -0.3 is 14.8 Å². The number of aromatic nitrogens is 2. The van der Waals surface area contributed by atoms with Gasteiger partial charge in [-0.25, -0.2) is 0 Å². The lowest BCUT2D eigenvalue weighted by atomic mass is 10.2. The molecule has 0 unspecified atom stereocenters. The highest BCUT2D eigenvalue weighted by atomic mass is 16.5. The first kappa shape index (κ1) is 13.6. The number of ether oxygens (including phenoxy) is 2. The third-order valence-corrected chi connectivity index (χ3v) is 2.75. The summed E-state index contributed by atoms with van der Waals surface area (Å²) in [6, 6.07) is 9.29. The van der Waals surface area contributed by atoms with E-state index in [9.17, 15) is 0 Å². The summed E-state index contributed by atoms with van der Waals surface area (Å²) in [5.74, 6) is 1.80. The van der Waals surface area contributed by atoms with Gasteiger partial charge in [0.2, 0.25) is 0 Å². The standard InChI is InChI=1S/C14H14N4O2/c1-19-12-4-3-10(7-13(12)20-2)9-16-14-11(8-15)5-6-17-18-14/h3-7H,9H2,1-2H3,(H,16,18). The quantitative estimate of drug-likeness (QED) is 0.894. The number of anilines is 1. The Balaban J connectivity index is 2.13. The zero-order valence-corrected chi connectivity index (χ0v) is 11.3. The number of benzene rings is 1. The molecule has 20 heavy (non-hydrogen) atoms. The van der Waals surface area contributed by atoms with Crippen LogP contribution in [-0.4, -0.2) is 24.4 Å². The fourth-order valence-corrected chi connectivity index (χ4v) is 1.73. The van der Waals surface area contributed by atoms with Crippen LogP contribution in [0.3, 0.4) is 0 Å². The highest BCUT2D eigenvalue weighted by Gasteiger charge is 2.06. The maximum Gasteiger partial charge on any atom is 0.166 e. The molecule has 0 atom stereocenters. The smallest absolute Gasteiger partial charge is 0.166 e. The topological polar surface area (TPSA) is 80.1 Å². The molecule has 102 valence electrons. The molecular formula is C14H14N4O2. The molecule has 1 N–H and O–H groups in total. The summed E-state index contributed by atoms with van der Waals surface area (Å²) in [6.45, 7) is 0.508. The van der Waals surface area contributed by atoms with Crippen molar-refractivity contribution in [2.24, 2.45) is 0 Å².